The zero-order valence-corrected chi connectivity index (χ0v) is 28.8. The van der Waals surface area contributed by atoms with Crippen molar-refractivity contribution in [2.24, 2.45) is 39.7 Å². The third-order valence-electron chi connectivity index (χ3n) is 13.0. The van der Waals surface area contributed by atoms with Gasteiger partial charge in [0.15, 0.2) is 0 Å². The molecule has 7 rings (SSSR count). The molecule has 0 spiro atoms. The Kier molecular flexibility index (Phi) is 8.37. The summed E-state index contributed by atoms with van der Waals surface area (Å²) < 4.78 is 5.91. The summed E-state index contributed by atoms with van der Waals surface area (Å²) in [7, 11) is 0. The molecule has 0 bridgehead atoms. The van der Waals surface area contributed by atoms with Gasteiger partial charge in [0, 0.05) is 35.1 Å². The molecule has 0 aromatic heterocycles. The number of hydrogen-bond acceptors (Lipinski definition) is 13. The van der Waals surface area contributed by atoms with Crippen LogP contribution >= 0.6 is 0 Å². The van der Waals surface area contributed by atoms with E-state index in [4.69, 9.17) is 9.57 Å². The number of benzene rings is 2. The number of nitrogens with zero attached hydrogens (tertiary/aromatic N) is 5. The van der Waals surface area contributed by atoms with Crippen molar-refractivity contribution in [3.05, 3.63) is 75.8 Å². The average molecular weight is 720 g/mol. The molecule has 5 aliphatic rings. The molecule has 5 aliphatic carbocycles. The van der Waals surface area contributed by atoms with Crippen molar-refractivity contribution in [3.8, 4) is 11.1 Å². The summed E-state index contributed by atoms with van der Waals surface area (Å²) in [6.45, 7) is 5.89. The zero-order valence-electron chi connectivity index (χ0n) is 28.8. The van der Waals surface area contributed by atoms with Crippen molar-refractivity contribution in [1.82, 2.24) is 0 Å². The Morgan fingerprint density at radius 1 is 0.846 bits per heavy atom. The van der Waals surface area contributed by atoms with E-state index >= 15 is 0 Å². The van der Waals surface area contributed by atoms with E-state index in [9.17, 15) is 50.0 Å². The van der Waals surface area contributed by atoms with Crippen LogP contribution in [-0.2, 0) is 19.2 Å². The van der Waals surface area contributed by atoms with Crippen LogP contribution in [0.1, 0.15) is 89.7 Å². The van der Waals surface area contributed by atoms with Crippen LogP contribution in [0.5, 0.6) is 0 Å². The summed E-state index contributed by atoms with van der Waals surface area (Å²) in [5.74, 6) is 1.50. The van der Waals surface area contributed by atoms with Crippen LogP contribution in [0.4, 0.5) is 22.7 Å². The third kappa shape index (κ3) is 5.30. The van der Waals surface area contributed by atoms with Crippen molar-refractivity contribution < 1.29 is 38.9 Å². The molecule has 0 radical (unpaired) electrons. The van der Waals surface area contributed by atoms with E-state index in [2.05, 4.69) is 19.0 Å². The summed E-state index contributed by atoms with van der Waals surface area (Å²) in [4.78, 5) is 75.3. The molecule has 4 fully saturated rings. The predicted octanol–water partition coefficient (Wildman–Crippen LogP) is 6.98. The van der Waals surface area contributed by atoms with Crippen LogP contribution in [0.3, 0.4) is 0 Å². The van der Waals surface area contributed by atoms with Crippen LogP contribution < -0.4 is 0 Å². The van der Waals surface area contributed by atoms with Crippen molar-refractivity contribution in [2.45, 2.75) is 90.8 Å². The lowest BCUT2D eigenvalue weighted by Crippen LogP contribution is -2.54. The molecule has 4 saturated carbocycles. The third-order valence-corrected chi connectivity index (χ3v) is 13.0. The molecule has 52 heavy (non-hydrogen) atoms. The maximum Gasteiger partial charge on any atom is 0.354 e. The maximum atomic E-state index is 13.3. The minimum absolute atomic E-state index is 0.0824. The minimum atomic E-state index is -1.32. The lowest BCUT2D eigenvalue weighted by atomic mass is 9.45. The van der Waals surface area contributed by atoms with Crippen molar-refractivity contribution in [1.29, 1.82) is 0 Å². The first-order valence-corrected chi connectivity index (χ1v) is 17.5. The molecule has 0 amide bonds. The summed E-state index contributed by atoms with van der Waals surface area (Å²) in [6.07, 6.45) is 6.18. The van der Waals surface area contributed by atoms with Gasteiger partial charge in [-0.15, -0.1) is 0 Å². The largest absolute Gasteiger partial charge is 0.460 e. The highest BCUT2D eigenvalue weighted by molar-refractivity contribution is 6.27. The number of hydrogen-bond donors (Lipinski definition) is 0. The number of ether oxygens (including phenoxy) is 1. The average Bonchev–Trinajstić information content (AvgIpc) is 3.58. The van der Waals surface area contributed by atoms with Gasteiger partial charge in [-0.25, -0.2) is 4.79 Å². The number of rotatable bonds is 8. The number of nitro groups is 4. The molecule has 0 N–H and O–H groups in total. The number of Topliss-reactive ketones (excluding diaryl/α,β-unsaturated/α-hetero) is 1. The molecule has 2 aromatic rings. The molecule has 17 nitrogen and oxygen atoms in total. The van der Waals surface area contributed by atoms with E-state index in [1.54, 1.807) is 0 Å². The number of esters is 1. The minimum Gasteiger partial charge on any atom is -0.460 e. The summed E-state index contributed by atoms with van der Waals surface area (Å²) in [6, 6.07) is 3.44. The topological polar surface area (TPSA) is 238 Å². The first-order valence-electron chi connectivity index (χ1n) is 17.5. The fourth-order valence-corrected chi connectivity index (χ4v) is 10.4. The molecule has 17 heteroatoms. The van der Waals surface area contributed by atoms with Gasteiger partial charge in [-0.1, -0.05) is 19.0 Å². The standard InChI is InChI=1S/C35H37N5O12/c1-17(33(42)51-20-10-12-34(2)18(14-20)4-5-21-24-7-9-28(41)35(24,3)13-11-25(21)34)52-36-31-22-6-8-26(38(45)46)32(40(49)50)30(22)29-23(31)15-19(37(43)44)16-27(29)39(47)48/h6,8,15-18,20-21,24-25H,4-5,7,9-14H2,1-3H3/t17?,18-,20-,21-,24-,25-,34-,35-/m0/s1. The molecular formula is C35H37N5O12. The number of fused-ring (bicyclic) bond motifs is 8. The Labute approximate surface area is 296 Å². The maximum absolute atomic E-state index is 13.3. The molecule has 274 valence electrons. The van der Waals surface area contributed by atoms with E-state index in [1.165, 1.54) is 6.92 Å². The number of nitro benzene ring substituents is 4. The van der Waals surface area contributed by atoms with E-state index in [-0.39, 0.29) is 33.8 Å². The highest BCUT2D eigenvalue weighted by Crippen LogP contribution is 2.65. The number of oxime groups is 1. The van der Waals surface area contributed by atoms with Gasteiger partial charge in [-0.2, -0.15) is 0 Å². The quantitative estimate of drug-likeness (QED) is 0.130. The Morgan fingerprint density at radius 2 is 1.58 bits per heavy atom. The molecular weight excluding hydrogens is 682 g/mol. The van der Waals surface area contributed by atoms with Crippen molar-refractivity contribution in [2.75, 3.05) is 0 Å². The number of carbonyl (C=O) groups is 2. The smallest absolute Gasteiger partial charge is 0.354 e. The number of carbonyl (C=O) groups excluding carboxylic acids is 2. The number of ketones is 1. The molecule has 0 aliphatic heterocycles. The lowest BCUT2D eigenvalue weighted by molar-refractivity contribution is -0.422. The predicted molar refractivity (Wildman–Crippen MR) is 181 cm³/mol. The lowest BCUT2D eigenvalue weighted by Gasteiger charge is -2.60. The van der Waals surface area contributed by atoms with Gasteiger partial charge in [0.05, 0.1) is 36.9 Å². The summed E-state index contributed by atoms with van der Waals surface area (Å²) >= 11 is 0. The zero-order chi connectivity index (χ0) is 37.4. The van der Waals surface area contributed by atoms with Crippen LogP contribution in [0.15, 0.2) is 29.4 Å². The molecule has 0 heterocycles. The van der Waals surface area contributed by atoms with Crippen LogP contribution in [0.2, 0.25) is 0 Å². The SMILES string of the molecule is CC(ON=C1c2cc([N+](=O)[O-])cc([N+](=O)[O-])c2-c2c1ccc([N+](=O)[O-])c2[N+](=O)[O-])C(=O)O[C@H]1CC[C@@]2(C)[C@@H](CC[C@@H]3[C@@H]2CC[C@]2(C)C(=O)CC[C@@H]32)C1. The van der Waals surface area contributed by atoms with Crippen LogP contribution in [-0.4, -0.2) is 49.4 Å². The highest BCUT2D eigenvalue weighted by Gasteiger charge is 2.60. The number of non-ortho nitro benzene ring substituents is 1. The van der Waals surface area contributed by atoms with Gasteiger partial charge in [0.1, 0.15) is 17.6 Å². The Balaban J connectivity index is 1.12. The van der Waals surface area contributed by atoms with Crippen molar-refractivity contribution in [3.63, 3.8) is 0 Å². The highest BCUT2D eigenvalue weighted by atomic mass is 16.7. The van der Waals surface area contributed by atoms with Crippen LogP contribution in [0.25, 0.3) is 11.1 Å². The fourth-order valence-electron chi connectivity index (χ4n) is 10.4. The Bertz CT molecular complexity index is 2000. The monoisotopic (exact) mass is 719 g/mol. The summed E-state index contributed by atoms with van der Waals surface area (Å²) in [5.41, 5.74) is -5.53. The second-order valence-corrected chi connectivity index (χ2v) is 15.4. The second kappa shape index (κ2) is 12.4. The Hall–Kier alpha value is -5.35. The molecule has 0 saturated heterocycles. The Morgan fingerprint density at radius 3 is 2.25 bits per heavy atom. The van der Waals surface area contributed by atoms with Gasteiger partial charge in [0.2, 0.25) is 6.10 Å². The second-order valence-electron chi connectivity index (χ2n) is 15.4. The van der Waals surface area contributed by atoms with Gasteiger partial charge >= 0.3 is 17.3 Å². The van der Waals surface area contributed by atoms with E-state index < -0.39 is 65.6 Å². The summed E-state index contributed by atoms with van der Waals surface area (Å²) in [5, 5.41) is 51.6. The van der Waals surface area contributed by atoms with Gasteiger partial charge in [-0.3, -0.25) is 45.3 Å². The normalized spacial score (nSPS) is 31.3. The van der Waals surface area contributed by atoms with Gasteiger partial charge in [-0.05, 0) is 93.4 Å². The van der Waals surface area contributed by atoms with E-state index in [0.717, 1.165) is 56.7 Å². The molecule has 8 atom stereocenters. The van der Waals surface area contributed by atoms with E-state index in [0.29, 0.717) is 54.8 Å². The first kappa shape index (κ1) is 35.1. The van der Waals surface area contributed by atoms with Crippen molar-refractivity contribution >= 4 is 40.2 Å². The first-order chi connectivity index (χ1) is 24.6. The fraction of sp³-hybridized carbons (Fsp3) is 0.571. The molecule has 2 aromatic carbocycles. The molecule has 1 unspecified atom stereocenters. The van der Waals surface area contributed by atoms with Crippen LogP contribution in [0, 0.1) is 75.0 Å². The van der Waals surface area contributed by atoms with E-state index in [1.807, 2.05) is 0 Å². The van der Waals surface area contributed by atoms with Gasteiger partial charge in [0.25, 0.3) is 11.4 Å². The van der Waals surface area contributed by atoms with Gasteiger partial charge < -0.3 is 9.57 Å².